The van der Waals surface area contributed by atoms with E-state index >= 15 is 0 Å². The highest BCUT2D eigenvalue weighted by Gasteiger charge is 2.33. The van der Waals surface area contributed by atoms with Gasteiger partial charge in [-0.1, -0.05) is 0 Å². The number of ketones is 1. The molecule has 1 saturated heterocycles. The molecule has 0 radical (unpaired) electrons. The third kappa shape index (κ3) is 1.29. The first kappa shape index (κ1) is 7.54. The van der Waals surface area contributed by atoms with Gasteiger partial charge in [0.05, 0.1) is 12.6 Å². The standard InChI is InChI=1S/C6H6N2O3/c7-1-4-2-8(6(10)11)3-5(4)9/h4H,2-3H2,(H,10,11). The lowest BCUT2D eigenvalue weighted by atomic mass is 10.1. The number of Topliss-reactive ketones (excluding diaryl/α,β-unsaturated/α-hetero) is 1. The fourth-order valence-electron chi connectivity index (χ4n) is 0.944. The fourth-order valence-corrected chi connectivity index (χ4v) is 0.944. The lowest BCUT2D eigenvalue weighted by molar-refractivity contribution is -0.118. The van der Waals surface area contributed by atoms with Crippen molar-refractivity contribution in [1.29, 1.82) is 5.26 Å². The van der Waals surface area contributed by atoms with Gasteiger partial charge in [-0.15, -0.1) is 0 Å². The molecule has 5 heteroatoms. The normalized spacial score (nSPS) is 23.4. The number of carboxylic acid groups (broad SMARTS) is 1. The molecule has 0 aliphatic carbocycles. The number of nitriles is 1. The first-order valence-corrected chi connectivity index (χ1v) is 3.05. The lowest BCUT2D eigenvalue weighted by Gasteiger charge is -2.06. The van der Waals surface area contributed by atoms with Crippen LogP contribution >= 0.6 is 0 Å². The van der Waals surface area contributed by atoms with E-state index < -0.39 is 12.0 Å². The largest absolute Gasteiger partial charge is 0.465 e. The van der Waals surface area contributed by atoms with Crippen LogP contribution in [0.2, 0.25) is 0 Å². The minimum Gasteiger partial charge on any atom is -0.465 e. The Hall–Kier alpha value is -1.57. The Balaban J connectivity index is 2.65. The molecule has 0 aromatic carbocycles. The SMILES string of the molecule is N#CC1CN(C(=O)O)CC1=O. The maximum atomic E-state index is 10.8. The van der Waals surface area contributed by atoms with Crippen LogP contribution in [0, 0.1) is 17.2 Å². The second kappa shape index (κ2) is 2.58. The Morgan fingerprint density at radius 3 is 2.73 bits per heavy atom. The molecule has 0 bridgehead atoms. The summed E-state index contributed by atoms with van der Waals surface area (Å²) in [7, 11) is 0. The highest BCUT2D eigenvalue weighted by atomic mass is 16.4. The van der Waals surface area contributed by atoms with E-state index in [1.165, 1.54) is 0 Å². The fraction of sp³-hybridized carbons (Fsp3) is 0.500. The molecule has 0 saturated carbocycles. The van der Waals surface area contributed by atoms with E-state index in [0.717, 1.165) is 4.90 Å². The molecule has 1 N–H and O–H groups in total. The van der Waals surface area contributed by atoms with E-state index in [1.807, 2.05) is 0 Å². The number of hydrogen-bond donors (Lipinski definition) is 1. The molecule has 0 aromatic rings. The van der Waals surface area contributed by atoms with Gasteiger partial charge in [0.2, 0.25) is 0 Å². The molecule has 1 amide bonds. The van der Waals surface area contributed by atoms with Gasteiger partial charge in [0.15, 0.2) is 5.78 Å². The molecule has 5 nitrogen and oxygen atoms in total. The van der Waals surface area contributed by atoms with Crippen LogP contribution in [-0.4, -0.2) is 35.0 Å². The summed E-state index contributed by atoms with van der Waals surface area (Å²) in [5, 5.41) is 16.8. The van der Waals surface area contributed by atoms with Crippen LogP contribution in [0.4, 0.5) is 4.79 Å². The van der Waals surface area contributed by atoms with Crippen LogP contribution in [-0.2, 0) is 4.79 Å². The molecule has 0 spiro atoms. The molecule has 1 fully saturated rings. The van der Waals surface area contributed by atoms with Gasteiger partial charge in [0, 0.05) is 6.54 Å². The molecule has 1 aliphatic rings. The van der Waals surface area contributed by atoms with Crippen molar-refractivity contribution >= 4 is 11.9 Å². The van der Waals surface area contributed by atoms with Crippen LogP contribution in [0.3, 0.4) is 0 Å². The van der Waals surface area contributed by atoms with Crippen LogP contribution in [0.5, 0.6) is 0 Å². The first-order valence-electron chi connectivity index (χ1n) is 3.05. The van der Waals surface area contributed by atoms with Gasteiger partial charge in [0.1, 0.15) is 5.92 Å². The summed E-state index contributed by atoms with van der Waals surface area (Å²) < 4.78 is 0. The van der Waals surface area contributed by atoms with E-state index in [0.29, 0.717) is 0 Å². The Labute approximate surface area is 62.8 Å². The Morgan fingerprint density at radius 2 is 2.45 bits per heavy atom. The molecule has 1 unspecified atom stereocenters. The molecule has 1 rings (SSSR count). The topological polar surface area (TPSA) is 81.4 Å². The summed E-state index contributed by atoms with van der Waals surface area (Å²) >= 11 is 0. The first-order chi connectivity index (χ1) is 5.15. The average molecular weight is 154 g/mol. The molecule has 0 aromatic heterocycles. The third-order valence-corrected chi connectivity index (χ3v) is 1.56. The minimum atomic E-state index is -1.14. The summed E-state index contributed by atoms with van der Waals surface area (Å²) in [5.41, 5.74) is 0. The third-order valence-electron chi connectivity index (χ3n) is 1.56. The Bertz CT molecular complexity index is 243. The van der Waals surface area contributed by atoms with Gasteiger partial charge in [-0.3, -0.25) is 9.69 Å². The molecular weight excluding hydrogens is 148 g/mol. The van der Waals surface area contributed by atoms with Crippen LogP contribution in [0.15, 0.2) is 0 Å². The second-order valence-corrected chi connectivity index (χ2v) is 2.31. The molecular formula is C6H6N2O3. The van der Waals surface area contributed by atoms with Crippen molar-refractivity contribution in [3.63, 3.8) is 0 Å². The molecule has 11 heavy (non-hydrogen) atoms. The highest BCUT2D eigenvalue weighted by molar-refractivity contribution is 5.90. The predicted octanol–water partition coefficient (Wildman–Crippen LogP) is -0.311. The van der Waals surface area contributed by atoms with Crippen molar-refractivity contribution in [1.82, 2.24) is 4.90 Å². The van der Waals surface area contributed by atoms with Gasteiger partial charge in [-0.2, -0.15) is 5.26 Å². The van der Waals surface area contributed by atoms with Crippen molar-refractivity contribution in [2.45, 2.75) is 0 Å². The van der Waals surface area contributed by atoms with Crippen molar-refractivity contribution in [3.8, 4) is 6.07 Å². The van der Waals surface area contributed by atoms with Crippen molar-refractivity contribution in [3.05, 3.63) is 0 Å². The van der Waals surface area contributed by atoms with E-state index in [2.05, 4.69) is 0 Å². The van der Waals surface area contributed by atoms with Gasteiger partial charge in [-0.05, 0) is 0 Å². The number of carbonyl (C=O) groups is 2. The van der Waals surface area contributed by atoms with Crippen LogP contribution in [0.1, 0.15) is 0 Å². The Morgan fingerprint density at radius 1 is 1.82 bits per heavy atom. The van der Waals surface area contributed by atoms with Crippen LogP contribution < -0.4 is 0 Å². The summed E-state index contributed by atoms with van der Waals surface area (Å²) in [6, 6.07) is 1.74. The van der Waals surface area contributed by atoms with Gasteiger partial charge in [0.25, 0.3) is 0 Å². The number of hydrogen-bond acceptors (Lipinski definition) is 3. The predicted molar refractivity (Wildman–Crippen MR) is 33.7 cm³/mol. The summed E-state index contributed by atoms with van der Waals surface area (Å²) in [6.07, 6.45) is -1.14. The molecule has 1 atom stereocenters. The van der Waals surface area contributed by atoms with E-state index in [-0.39, 0.29) is 18.9 Å². The summed E-state index contributed by atoms with van der Waals surface area (Å²) in [4.78, 5) is 22.0. The van der Waals surface area contributed by atoms with Crippen LogP contribution in [0.25, 0.3) is 0 Å². The molecule has 58 valence electrons. The van der Waals surface area contributed by atoms with Gasteiger partial charge < -0.3 is 5.11 Å². The molecule has 1 aliphatic heterocycles. The van der Waals surface area contributed by atoms with E-state index in [9.17, 15) is 9.59 Å². The Kier molecular flexibility index (Phi) is 1.77. The minimum absolute atomic E-state index is 0.0185. The zero-order valence-corrected chi connectivity index (χ0v) is 5.65. The maximum Gasteiger partial charge on any atom is 0.407 e. The molecule has 1 heterocycles. The van der Waals surface area contributed by atoms with Crippen molar-refractivity contribution < 1.29 is 14.7 Å². The van der Waals surface area contributed by atoms with Gasteiger partial charge in [-0.25, -0.2) is 4.79 Å². The quantitative estimate of drug-likeness (QED) is 0.518. The zero-order valence-electron chi connectivity index (χ0n) is 5.65. The zero-order chi connectivity index (χ0) is 8.43. The van der Waals surface area contributed by atoms with E-state index in [4.69, 9.17) is 10.4 Å². The van der Waals surface area contributed by atoms with Crippen molar-refractivity contribution in [2.24, 2.45) is 5.92 Å². The lowest BCUT2D eigenvalue weighted by Crippen LogP contribution is -2.26. The number of nitrogens with zero attached hydrogens (tertiary/aromatic N) is 2. The van der Waals surface area contributed by atoms with Crippen molar-refractivity contribution in [2.75, 3.05) is 13.1 Å². The second-order valence-electron chi connectivity index (χ2n) is 2.31. The van der Waals surface area contributed by atoms with E-state index in [1.54, 1.807) is 6.07 Å². The van der Waals surface area contributed by atoms with Gasteiger partial charge >= 0.3 is 6.09 Å². The number of likely N-dealkylation sites (tertiary alicyclic amines) is 1. The average Bonchev–Trinajstić information content (AvgIpc) is 2.31. The maximum absolute atomic E-state index is 10.8. The highest BCUT2D eigenvalue weighted by Crippen LogP contribution is 2.10. The number of amides is 1. The number of carbonyl (C=O) groups excluding carboxylic acids is 1. The number of rotatable bonds is 0. The summed E-state index contributed by atoms with van der Waals surface area (Å²) in [6.45, 7) is -0.127. The summed E-state index contributed by atoms with van der Waals surface area (Å²) in [5.74, 6) is -1.07. The smallest absolute Gasteiger partial charge is 0.407 e. The monoisotopic (exact) mass is 154 g/mol.